The van der Waals surface area contributed by atoms with Crippen molar-refractivity contribution in [1.82, 2.24) is 24.8 Å². The fraction of sp³-hybridized carbons (Fsp3) is 0.462. The van der Waals surface area contributed by atoms with Crippen molar-refractivity contribution in [2.24, 2.45) is 5.92 Å². The molecule has 3 aromatic rings. The number of aromatic nitrogens is 3. The average molecular weight is 529 g/mol. The van der Waals surface area contributed by atoms with Crippen molar-refractivity contribution in [2.45, 2.75) is 51.8 Å². The van der Waals surface area contributed by atoms with Gasteiger partial charge in [-0.05, 0) is 63.4 Å². The van der Waals surface area contributed by atoms with Gasteiger partial charge < -0.3 is 19.9 Å². The summed E-state index contributed by atoms with van der Waals surface area (Å²) in [6.45, 7) is 7.13. The topological polar surface area (TPSA) is 92.1 Å². The van der Waals surface area contributed by atoms with Crippen LogP contribution in [0.4, 0.5) is 15.0 Å². The zero-order valence-electron chi connectivity index (χ0n) is 21.1. The molecule has 2 amide bonds. The van der Waals surface area contributed by atoms with Crippen LogP contribution in [0, 0.1) is 11.7 Å². The first kappa shape index (κ1) is 25.3. The summed E-state index contributed by atoms with van der Waals surface area (Å²) in [6, 6.07) is 6.25. The molecule has 0 aliphatic carbocycles. The lowest BCUT2D eigenvalue weighted by molar-refractivity contribution is -0.129. The number of hydrogen-bond acceptors (Lipinski definition) is 6. The number of hydrogen-bond donors (Lipinski definition) is 1. The molecular weight excluding hydrogens is 499 g/mol. The van der Waals surface area contributed by atoms with Crippen LogP contribution in [0.2, 0.25) is 5.02 Å². The highest BCUT2D eigenvalue weighted by atomic mass is 35.5. The monoisotopic (exact) mass is 528 g/mol. The van der Waals surface area contributed by atoms with Crippen LogP contribution >= 0.6 is 11.6 Å². The molecule has 11 heteroatoms. The Morgan fingerprint density at radius 1 is 1.24 bits per heavy atom. The van der Waals surface area contributed by atoms with Crippen LogP contribution in [0.25, 0.3) is 5.65 Å². The van der Waals surface area contributed by atoms with Crippen LogP contribution in [0.1, 0.15) is 50.8 Å². The lowest BCUT2D eigenvalue weighted by atomic mass is 10.00. The first-order valence-electron chi connectivity index (χ1n) is 12.4. The summed E-state index contributed by atoms with van der Waals surface area (Å²) in [6.07, 6.45) is 4.89. The number of halogens is 2. The summed E-state index contributed by atoms with van der Waals surface area (Å²) < 4.78 is 21.0. The Morgan fingerprint density at radius 3 is 2.78 bits per heavy atom. The van der Waals surface area contributed by atoms with E-state index in [1.54, 1.807) is 16.8 Å². The summed E-state index contributed by atoms with van der Waals surface area (Å²) in [4.78, 5) is 33.3. The summed E-state index contributed by atoms with van der Waals surface area (Å²) in [7, 11) is 0. The average Bonchev–Trinajstić information content (AvgIpc) is 3.44. The molecule has 2 saturated heterocycles. The standard InChI is InChI=1S/C26H30ClFN6O3/c1-26(2,3)37-25(36)32-14-17(15-32)24(35)29-12-16-13-30-34-10-8-22(31-23(16)34)33-9-4-5-21(33)19-11-18(28)6-7-20(19)27/h6-8,10-11,13,17,21H,4-5,9,12,14-15H2,1-3H3,(H,29,35)/t21-/m1/s1. The van der Waals surface area contributed by atoms with Gasteiger partial charge in [0, 0.05) is 43.0 Å². The van der Waals surface area contributed by atoms with E-state index in [-0.39, 0.29) is 30.2 Å². The zero-order chi connectivity index (χ0) is 26.3. The second-order valence-corrected chi connectivity index (χ2v) is 10.9. The van der Waals surface area contributed by atoms with Crippen molar-refractivity contribution in [2.75, 3.05) is 24.5 Å². The first-order valence-corrected chi connectivity index (χ1v) is 12.8. The van der Waals surface area contributed by atoms with Crippen molar-refractivity contribution in [3.8, 4) is 0 Å². The number of amides is 2. The number of nitrogens with zero attached hydrogens (tertiary/aromatic N) is 5. The fourth-order valence-electron chi connectivity index (χ4n) is 4.77. The van der Waals surface area contributed by atoms with Crippen molar-refractivity contribution in [3.05, 3.63) is 58.6 Å². The molecule has 4 heterocycles. The molecule has 0 radical (unpaired) electrons. The molecule has 0 spiro atoms. The van der Waals surface area contributed by atoms with E-state index in [9.17, 15) is 14.0 Å². The van der Waals surface area contributed by atoms with Crippen molar-refractivity contribution in [1.29, 1.82) is 0 Å². The highest BCUT2D eigenvalue weighted by Crippen LogP contribution is 2.38. The second kappa shape index (κ2) is 9.81. The van der Waals surface area contributed by atoms with Crippen LogP contribution in [-0.4, -0.2) is 56.7 Å². The predicted octanol–water partition coefficient (Wildman–Crippen LogP) is 4.35. The third-order valence-electron chi connectivity index (χ3n) is 6.65. The van der Waals surface area contributed by atoms with Gasteiger partial charge in [-0.2, -0.15) is 5.10 Å². The lowest BCUT2D eigenvalue weighted by Crippen LogP contribution is -2.56. The molecule has 2 aliphatic heterocycles. The van der Waals surface area contributed by atoms with Gasteiger partial charge in [0.15, 0.2) is 5.65 Å². The molecule has 2 aliphatic rings. The highest BCUT2D eigenvalue weighted by molar-refractivity contribution is 6.31. The summed E-state index contributed by atoms with van der Waals surface area (Å²) >= 11 is 6.40. The number of ether oxygens (including phenoxy) is 1. The number of likely N-dealkylation sites (tertiary alicyclic amines) is 1. The van der Waals surface area contributed by atoms with Crippen LogP contribution in [0.15, 0.2) is 36.7 Å². The first-order chi connectivity index (χ1) is 17.6. The van der Waals surface area contributed by atoms with E-state index >= 15 is 0 Å². The minimum absolute atomic E-state index is 0.0734. The van der Waals surface area contributed by atoms with Crippen molar-refractivity contribution >= 4 is 35.1 Å². The van der Waals surface area contributed by atoms with E-state index in [0.717, 1.165) is 36.3 Å². The molecule has 1 N–H and O–H groups in total. The third kappa shape index (κ3) is 5.34. The van der Waals surface area contributed by atoms with Gasteiger partial charge in [0.1, 0.15) is 17.2 Å². The van der Waals surface area contributed by atoms with E-state index in [1.807, 2.05) is 33.0 Å². The van der Waals surface area contributed by atoms with E-state index in [2.05, 4.69) is 15.3 Å². The maximum absolute atomic E-state index is 13.9. The normalized spacial score (nSPS) is 18.2. The Bertz CT molecular complexity index is 1330. The predicted molar refractivity (Wildman–Crippen MR) is 137 cm³/mol. The number of rotatable bonds is 5. The molecule has 9 nitrogen and oxygen atoms in total. The number of fused-ring (bicyclic) bond motifs is 1. The molecule has 2 aromatic heterocycles. The van der Waals surface area contributed by atoms with Gasteiger partial charge in [-0.25, -0.2) is 18.7 Å². The largest absolute Gasteiger partial charge is 0.444 e. The van der Waals surface area contributed by atoms with Crippen LogP contribution in [-0.2, 0) is 16.1 Å². The Kier molecular flexibility index (Phi) is 6.70. The molecule has 0 unspecified atom stereocenters. The molecular formula is C26H30ClFN6O3. The maximum Gasteiger partial charge on any atom is 0.410 e. The minimum atomic E-state index is -0.571. The van der Waals surface area contributed by atoms with Crippen molar-refractivity contribution < 1.29 is 18.7 Å². The Hall–Kier alpha value is -3.40. The smallest absolute Gasteiger partial charge is 0.410 e. The van der Waals surface area contributed by atoms with Crippen molar-refractivity contribution in [3.63, 3.8) is 0 Å². The van der Waals surface area contributed by atoms with E-state index < -0.39 is 11.7 Å². The molecule has 1 aromatic carbocycles. The van der Waals surface area contributed by atoms with Gasteiger partial charge in [-0.3, -0.25) is 4.79 Å². The minimum Gasteiger partial charge on any atom is -0.444 e. The van der Waals surface area contributed by atoms with Crippen LogP contribution in [0.3, 0.4) is 0 Å². The summed E-state index contributed by atoms with van der Waals surface area (Å²) in [5.74, 6) is 0.0227. The Balaban J connectivity index is 1.25. The zero-order valence-corrected chi connectivity index (χ0v) is 21.8. The molecule has 0 saturated carbocycles. The van der Waals surface area contributed by atoms with Crippen LogP contribution in [0.5, 0.6) is 0 Å². The van der Waals surface area contributed by atoms with Gasteiger partial charge in [0.25, 0.3) is 0 Å². The maximum atomic E-state index is 13.9. The van der Waals surface area contributed by atoms with E-state index in [0.29, 0.717) is 23.8 Å². The fourth-order valence-corrected chi connectivity index (χ4v) is 5.02. The molecule has 196 valence electrons. The van der Waals surface area contributed by atoms with Crippen LogP contribution < -0.4 is 10.2 Å². The number of carbonyl (C=O) groups excluding carboxylic acids is 2. The summed E-state index contributed by atoms with van der Waals surface area (Å²) in [5, 5.41) is 7.84. The highest BCUT2D eigenvalue weighted by Gasteiger charge is 2.38. The molecule has 1 atom stereocenters. The van der Waals surface area contributed by atoms with Gasteiger partial charge in [-0.15, -0.1) is 0 Å². The number of nitrogens with one attached hydrogen (secondary N) is 1. The van der Waals surface area contributed by atoms with Gasteiger partial charge in [0.2, 0.25) is 5.91 Å². The van der Waals surface area contributed by atoms with Gasteiger partial charge >= 0.3 is 6.09 Å². The van der Waals surface area contributed by atoms with E-state index in [1.165, 1.54) is 17.0 Å². The SMILES string of the molecule is CC(C)(C)OC(=O)N1CC(C(=O)NCc2cnn3ccc(N4CCC[C@@H]4c4cc(F)ccc4Cl)nc23)C1. The van der Waals surface area contributed by atoms with Gasteiger partial charge in [0.05, 0.1) is 18.2 Å². The number of anilines is 1. The Morgan fingerprint density at radius 2 is 2.03 bits per heavy atom. The lowest BCUT2D eigenvalue weighted by Gasteiger charge is -2.38. The van der Waals surface area contributed by atoms with E-state index in [4.69, 9.17) is 21.3 Å². The third-order valence-corrected chi connectivity index (χ3v) is 6.99. The summed E-state index contributed by atoms with van der Waals surface area (Å²) in [5.41, 5.74) is 1.59. The molecule has 0 bridgehead atoms. The molecule has 2 fully saturated rings. The number of benzene rings is 1. The Labute approximate surface area is 219 Å². The molecule has 37 heavy (non-hydrogen) atoms. The second-order valence-electron chi connectivity index (χ2n) is 10.5. The van der Waals surface area contributed by atoms with Gasteiger partial charge in [-0.1, -0.05) is 11.6 Å². The number of carbonyl (C=O) groups is 2. The molecule has 5 rings (SSSR count). The quantitative estimate of drug-likeness (QED) is 0.529.